The molecule has 1 aliphatic rings. The highest BCUT2D eigenvalue weighted by molar-refractivity contribution is 7.90. The first kappa shape index (κ1) is 29.3. The van der Waals surface area contributed by atoms with Crippen molar-refractivity contribution in [2.45, 2.75) is 11.1 Å². The van der Waals surface area contributed by atoms with Crippen LogP contribution in [-0.2, 0) is 14.6 Å². The zero-order chi connectivity index (χ0) is 31.1. The van der Waals surface area contributed by atoms with Crippen molar-refractivity contribution in [3.63, 3.8) is 0 Å². The van der Waals surface area contributed by atoms with Gasteiger partial charge in [0, 0.05) is 32.1 Å². The average Bonchev–Trinajstić information content (AvgIpc) is 2.96. The summed E-state index contributed by atoms with van der Waals surface area (Å²) in [6, 6.07) is 6.38. The van der Waals surface area contributed by atoms with E-state index in [1.807, 2.05) is 0 Å². The maximum atomic E-state index is 15.7. The molecule has 5 rings (SSSR count). The highest BCUT2D eigenvalue weighted by Gasteiger charge is 2.34. The first-order chi connectivity index (χ1) is 20.5. The predicted octanol–water partition coefficient (Wildman–Crippen LogP) is 2.35. The fraction of sp³-hybridized carbons (Fsp3) is 0.214. The third-order valence-electron chi connectivity index (χ3n) is 6.92. The lowest BCUT2D eigenvalue weighted by Gasteiger charge is -2.39. The third kappa shape index (κ3) is 5.28. The SMILES string of the molecule is [C-]#[N+]CC1CN(c2nc(=O)n(-c3cccnc3S(C)(=O)=O)c3nc(-c4c(O)cccc4F)c(F)cc23)CCN1C(=O)C=C. The number of carbonyl (C=O) groups is 1. The summed E-state index contributed by atoms with van der Waals surface area (Å²) in [4.78, 5) is 44.9. The Morgan fingerprint density at radius 2 is 1.98 bits per heavy atom. The van der Waals surface area contributed by atoms with Crippen molar-refractivity contribution >= 4 is 32.6 Å². The van der Waals surface area contributed by atoms with Gasteiger partial charge in [-0.3, -0.25) is 4.79 Å². The van der Waals surface area contributed by atoms with Crippen LogP contribution in [0.3, 0.4) is 0 Å². The van der Waals surface area contributed by atoms with Gasteiger partial charge in [0.25, 0.3) is 0 Å². The Kier molecular flexibility index (Phi) is 7.63. The van der Waals surface area contributed by atoms with Gasteiger partial charge in [0.15, 0.2) is 26.3 Å². The van der Waals surface area contributed by atoms with Gasteiger partial charge >= 0.3 is 5.69 Å². The maximum absolute atomic E-state index is 15.7. The summed E-state index contributed by atoms with van der Waals surface area (Å²) in [5, 5.41) is 9.84. The van der Waals surface area contributed by atoms with Gasteiger partial charge in [-0.2, -0.15) is 4.98 Å². The van der Waals surface area contributed by atoms with E-state index >= 15 is 4.39 Å². The molecule has 12 nitrogen and oxygen atoms in total. The summed E-state index contributed by atoms with van der Waals surface area (Å²) in [6.45, 7) is 11.1. The van der Waals surface area contributed by atoms with Crippen LogP contribution < -0.4 is 10.6 Å². The molecule has 1 saturated heterocycles. The van der Waals surface area contributed by atoms with E-state index in [0.717, 1.165) is 35.1 Å². The van der Waals surface area contributed by atoms with Crippen LogP contribution in [0.4, 0.5) is 14.6 Å². The lowest BCUT2D eigenvalue weighted by Crippen LogP contribution is -2.56. The number of nitrogens with zero attached hydrogens (tertiary/aromatic N) is 7. The number of pyridine rings is 2. The van der Waals surface area contributed by atoms with Crippen molar-refractivity contribution in [2.75, 3.05) is 37.3 Å². The average molecular weight is 608 g/mol. The second kappa shape index (κ2) is 11.2. The number of aromatic nitrogens is 4. The molecular weight excluding hydrogens is 584 g/mol. The molecule has 1 aromatic carbocycles. The van der Waals surface area contributed by atoms with Gasteiger partial charge in [-0.25, -0.2) is 43.1 Å². The van der Waals surface area contributed by atoms with Crippen molar-refractivity contribution in [1.82, 2.24) is 24.4 Å². The Bertz CT molecular complexity index is 1990. The second-order valence-corrected chi connectivity index (χ2v) is 11.6. The Hall–Kier alpha value is -5.23. The lowest BCUT2D eigenvalue weighted by atomic mass is 10.1. The van der Waals surface area contributed by atoms with E-state index in [4.69, 9.17) is 6.57 Å². The summed E-state index contributed by atoms with van der Waals surface area (Å²) in [6.07, 6.45) is 3.24. The Labute approximate surface area is 243 Å². The Morgan fingerprint density at radius 3 is 2.65 bits per heavy atom. The van der Waals surface area contributed by atoms with Crippen molar-refractivity contribution in [1.29, 1.82) is 0 Å². The van der Waals surface area contributed by atoms with Gasteiger partial charge in [0.2, 0.25) is 12.5 Å². The highest BCUT2D eigenvalue weighted by Crippen LogP contribution is 2.36. The smallest absolute Gasteiger partial charge is 0.355 e. The number of fused-ring (bicyclic) bond motifs is 1. The zero-order valence-corrected chi connectivity index (χ0v) is 23.4. The number of amides is 1. The van der Waals surface area contributed by atoms with Gasteiger partial charge < -0.3 is 19.8 Å². The molecule has 0 spiro atoms. The van der Waals surface area contributed by atoms with Gasteiger partial charge in [0.1, 0.15) is 29.1 Å². The molecule has 1 N–H and O–H groups in total. The number of hydrogen-bond acceptors (Lipinski definition) is 9. The van der Waals surface area contributed by atoms with E-state index in [1.165, 1.54) is 29.3 Å². The molecule has 1 fully saturated rings. The Balaban J connectivity index is 1.82. The van der Waals surface area contributed by atoms with Gasteiger partial charge in [-0.05, 0) is 36.4 Å². The first-order valence-corrected chi connectivity index (χ1v) is 14.6. The van der Waals surface area contributed by atoms with Crippen molar-refractivity contribution in [2.24, 2.45) is 0 Å². The quantitative estimate of drug-likeness (QED) is 0.258. The minimum Gasteiger partial charge on any atom is -0.507 e. The van der Waals surface area contributed by atoms with Crippen LogP contribution in [0.1, 0.15) is 0 Å². The number of sulfone groups is 1. The molecule has 220 valence electrons. The van der Waals surface area contributed by atoms with Crippen LogP contribution in [0.25, 0.3) is 32.8 Å². The maximum Gasteiger partial charge on any atom is 0.355 e. The normalized spacial score (nSPS) is 15.3. The minimum absolute atomic E-state index is 0.0440. The molecule has 1 unspecified atom stereocenters. The van der Waals surface area contributed by atoms with E-state index in [1.54, 1.807) is 4.90 Å². The Morgan fingerprint density at radius 1 is 1.21 bits per heavy atom. The monoisotopic (exact) mass is 607 g/mol. The van der Waals surface area contributed by atoms with Crippen LogP contribution in [-0.4, -0.2) is 82.3 Å². The van der Waals surface area contributed by atoms with Crippen molar-refractivity contribution in [3.05, 3.63) is 88.8 Å². The first-order valence-electron chi connectivity index (χ1n) is 12.7. The van der Waals surface area contributed by atoms with E-state index in [0.29, 0.717) is 0 Å². The summed E-state index contributed by atoms with van der Waals surface area (Å²) in [5.41, 5.74) is -2.73. The van der Waals surface area contributed by atoms with E-state index in [-0.39, 0.29) is 54.6 Å². The molecule has 1 aliphatic heterocycles. The summed E-state index contributed by atoms with van der Waals surface area (Å²) in [5.74, 6) is -3.09. The molecule has 0 aliphatic carbocycles. The molecule has 1 atom stereocenters. The number of anilines is 1. The fourth-order valence-corrected chi connectivity index (χ4v) is 5.83. The molecule has 3 aromatic heterocycles. The topological polar surface area (TPSA) is 143 Å². The van der Waals surface area contributed by atoms with Gasteiger partial charge in [0.05, 0.1) is 16.6 Å². The number of phenolic OH excluding ortho intramolecular Hbond substituents is 1. The van der Waals surface area contributed by atoms with Crippen molar-refractivity contribution < 1.29 is 27.1 Å². The second-order valence-electron chi connectivity index (χ2n) is 9.65. The largest absolute Gasteiger partial charge is 0.507 e. The third-order valence-corrected chi connectivity index (χ3v) is 7.93. The molecule has 1 amide bonds. The summed E-state index contributed by atoms with van der Waals surface area (Å²) in [7, 11) is -4.00. The number of halogens is 2. The van der Waals surface area contributed by atoms with Crippen LogP contribution in [0.2, 0.25) is 0 Å². The molecule has 4 aromatic rings. The van der Waals surface area contributed by atoms with Gasteiger partial charge in [-0.1, -0.05) is 12.6 Å². The lowest BCUT2D eigenvalue weighted by molar-refractivity contribution is -0.128. The molecule has 0 saturated carbocycles. The summed E-state index contributed by atoms with van der Waals surface area (Å²) >= 11 is 0. The molecular formula is C28H23F2N7O5S. The van der Waals surface area contributed by atoms with Gasteiger partial charge in [-0.15, -0.1) is 0 Å². The number of hydrogen-bond donors (Lipinski definition) is 1. The zero-order valence-electron chi connectivity index (χ0n) is 22.6. The van der Waals surface area contributed by atoms with Crippen molar-refractivity contribution in [3.8, 4) is 22.7 Å². The van der Waals surface area contributed by atoms with Crippen LogP contribution in [0, 0.1) is 18.2 Å². The highest BCUT2D eigenvalue weighted by atomic mass is 32.2. The number of piperazine rings is 1. The molecule has 43 heavy (non-hydrogen) atoms. The minimum atomic E-state index is -4.00. The predicted molar refractivity (Wildman–Crippen MR) is 152 cm³/mol. The molecule has 0 bridgehead atoms. The molecule has 0 radical (unpaired) electrons. The van der Waals surface area contributed by atoms with Crippen LogP contribution in [0.5, 0.6) is 5.75 Å². The number of phenols is 1. The number of carbonyl (C=O) groups excluding carboxylic acids is 1. The van der Waals surface area contributed by atoms with Crippen LogP contribution >= 0.6 is 0 Å². The number of benzene rings is 1. The van der Waals surface area contributed by atoms with E-state index in [2.05, 4.69) is 26.4 Å². The van der Waals surface area contributed by atoms with E-state index in [9.17, 15) is 27.5 Å². The van der Waals surface area contributed by atoms with E-state index < -0.39 is 55.2 Å². The molecule has 4 heterocycles. The summed E-state index contributed by atoms with van der Waals surface area (Å²) < 4.78 is 56.6. The number of rotatable bonds is 6. The fourth-order valence-electron chi connectivity index (χ4n) is 5.04. The van der Waals surface area contributed by atoms with Crippen LogP contribution in [0.15, 0.2) is 65.1 Å². The molecule has 15 heteroatoms. The standard InChI is InChI=1S/C28H23F2N7O5S/c1-4-22(39)36-12-11-35(15-16(36)14-31-2)25-17-13-19(30)24(23-18(29)7-5-9-21(23)38)33-26(17)37(28(40)34-25)20-8-6-10-32-27(20)43(3,41)42/h4-10,13,16,38H,1,11-12,14-15H2,3H3. The number of aromatic hydroxyl groups is 1.